The summed E-state index contributed by atoms with van der Waals surface area (Å²) in [6.07, 6.45) is 0. The van der Waals surface area contributed by atoms with Crippen LogP contribution in [0.15, 0.2) is 54.6 Å². The summed E-state index contributed by atoms with van der Waals surface area (Å²) in [7, 11) is 0.151. The van der Waals surface area contributed by atoms with E-state index in [1.807, 2.05) is 6.07 Å². The summed E-state index contributed by atoms with van der Waals surface area (Å²) in [4.78, 5) is 13.9. The molecule has 0 saturated heterocycles. The minimum Gasteiger partial charge on any atom is -0.314 e. The largest absolute Gasteiger partial charge is 0.314 e. The molecule has 25 heavy (non-hydrogen) atoms. The van der Waals surface area contributed by atoms with Crippen molar-refractivity contribution in [2.45, 2.75) is 0 Å². The number of anilines is 2. The third kappa shape index (κ3) is 4.15. The minimum absolute atomic E-state index is 0.175. The highest BCUT2D eigenvalue weighted by molar-refractivity contribution is 7.90. The van der Waals surface area contributed by atoms with E-state index in [4.69, 9.17) is 0 Å². The SMILES string of the molecule is CN(C(=O)CN(c1ccccc1F)S(=O)(=O)N(C)C)c1ccccc1. The second-order valence-corrected chi connectivity index (χ2v) is 7.60. The summed E-state index contributed by atoms with van der Waals surface area (Å²) in [6, 6.07) is 14.3. The van der Waals surface area contributed by atoms with E-state index in [-0.39, 0.29) is 5.69 Å². The number of hydrogen-bond acceptors (Lipinski definition) is 3. The first-order valence-corrected chi connectivity index (χ1v) is 8.91. The lowest BCUT2D eigenvalue weighted by Gasteiger charge is -2.29. The van der Waals surface area contributed by atoms with E-state index in [9.17, 15) is 17.6 Å². The van der Waals surface area contributed by atoms with Crippen LogP contribution >= 0.6 is 0 Å². The average Bonchev–Trinajstić information content (AvgIpc) is 2.60. The number of nitrogens with zero attached hydrogens (tertiary/aromatic N) is 3. The van der Waals surface area contributed by atoms with Crippen LogP contribution in [0.3, 0.4) is 0 Å². The van der Waals surface area contributed by atoms with Gasteiger partial charge in [-0.1, -0.05) is 30.3 Å². The molecule has 0 aliphatic carbocycles. The molecule has 0 fully saturated rings. The third-order valence-corrected chi connectivity index (χ3v) is 5.46. The van der Waals surface area contributed by atoms with Crippen molar-refractivity contribution in [3.05, 3.63) is 60.4 Å². The first-order chi connectivity index (χ1) is 11.7. The zero-order valence-electron chi connectivity index (χ0n) is 14.3. The predicted molar refractivity (Wildman–Crippen MR) is 96.2 cm³/mol. The Labute approximate surface area is 147 Å². The molecule has 0 aromatic heterocycles. The molecule has 0 aliphatic heterocycles. The van der Waals surface area contributed by atoms with Crippen molar-refractivity contribution in [2.75, 3.05) is 36.9 Å². The van der Waals surface area contributed by atoms with E-state index in [0.717, 1.165) is 14.7 Å². The standard InChI is InChI=1S/C17H20FN3O3S/c1-19(2)25(23,24)21(16-12-8-7-11-15(16)18)13-17(22)20(3)14-9-5-4-6-10-14/h4-12H,13H2,1-3H3. The highest BCUT2D eigenvalue weighted by atomic mass is 32.2. The molecule has 2 aromatic rings. The molecular formula is C17H20FN3O3S. The highest BCUT2D eigenvalue weighted by Gasteiger charge is 2.30. The number of likely N-dealkylation sites (N-methyl/N-ethyl adjacent to an activating group) is 1. The summed E-state index contributed by atoms with van der Waals surface area (Å²) in [5.74, 6) is -1.21. The number of halogens is 1. The molecule has 1 amide bonds. The molecule has 0 bridgehead atoms. The van der Waals surface area contributed by atoms with Crippen molar-refractivity contribution in [3.63, 3.8) is 0 Å². The predicted octanol–water partition coefficient (Wildman–Crippen LogP) is 2.10. The topological polar surface area (TPSA) is 60.9 Å². The molecule has 2 aromatic carbocycles. The normalized spacial score (nSPS) is 11.4. The monoisotopic (exact) mass is 365 g/mol. The van der Waals surface area contributed by atoms with E-state index in [2.05, 4.69) is 0 Å². The number of rotatable bonds is 6. The van der Waals surface area contributed by atoms with E-state index < -0.39 is 28.5 Å². The van der Waals surface area contributed by atoms with Gasteiger partial charge in [-0.25, -0.2) is 8.70 Å². The molecule has 8 heteroatoms. The third-order valence-electron chi connectivity index (χ3n) is 3.66. The van der Waals surface area contributed by atoms with Gasteiger partial charge in [-0.15, -0.1) is 0 Å². The van der Waals surface area contributed by atoms with Crippen LogP contribution in [0.5, 0.6) is 0 Å². The molecule has 2 rings (SSSR count). The fourth-order valence-electron chi connectivity index (χ4n) is 2.17. The van der Waals surface area contributed by atoms with Gasteiger partial charge < -0.3 is 4.90 Å². The van der Waals surface area contributed by atoms with Crippen molar-refractivity contribution in [2.24, 2.45) is 0 Å². The van der Waals surface area contributed by atoms with Gasteiger partial charge in [0.2, 0.25) is 5.91 Å². The average molecular weight is 365 g/mol. The second kappa shape index (κ2) is 7.62. The van der Waals surface area contributed by atoms with Gasteiger partial charge in [0.15, 0.2) is 0 Å². The molecule has 0 N–H and O–H groups in total. The Morgan fingerprint density at radius 3 is 2.08 bits per heavy atom. The lowest BCUT2D eigenvalue weighted by molar-refractivity contribution is -0.116. The smallest absolute Gasteiger partial charge is 0.304 e. The Hall–Kier alpha value is -2.45. The van der Waals surface area contributed by atoms with Gasteiger partial charge in [0, 0.05) is 26.8 Å². The van der Waals surface area contributed by atoms with Gasteiger partial charge in [0.1, 0.15) is 12.4 Å². The van der Waals surface area contributed by atoms with Crippen LogP contribution in [0.1, 0.15) is 0 Å². The fraction of sp³-hybridized carbons (Fsp3) is 0.235. The molecule has 0 spiro atoms. The van der Waals surface area contributed by atoms with Crippen molar-refractivity contribution in [1.29, 1.82) is 0 Å². The number of amides is 1. The highest BCUT2D eigenvalue weighted by Crippen LogP contribution is 2.23. The van der Waals surface area contributed by atoms with Crippen LogP contribution in [0.4, 0.5) is 15.8 Å². The van der Waals surface area contributed by atoms with Gasteiger partial charge in [-0.05, 0) is 24.3 Å². The van der Waals surface area contributed by atoms with Gasteiger partial charge in [-0.2, -0.15) is 12.7 Å². The number of benzene rings is 2. The van der Waals surface area contributed by atoms with Crippen molar-refractivity contribution < 1.29 is 17.6 Å². The van der Waals surface area contributed by atoms with Crippen LogP contribution < -0.4 is 9.21 Å². The summed E-state index contributed by atoms with van der Waals surface area (Å²) >= 11 is 0. The fourth-order valence-corrected chi connectivity index (χ4v) is 3.23. The number of carbonyl (C=O) groups excluding carboxylic acids is 1. The first kappa shape index (κ1) is 18.9. The quantitative estimate of drug-likeness (QED) is 0.788. The minimum atomic E-state index is -4.05. The van der Waals surface area contributed by atoms with E-state index in [1.165, 1.54) is 37.2 Å². The lowest BCUT2D eigenvalue weighted by Crippen LogP contribution is -2.46. The second-order valence-electron chi connectivity index (χ2n) is 5.54. The van der Waals surface area contributed by atoms with E-state index >= 15 is 0 Å². The molecule has 0 aliphatic rings. The zero-order valence-corrected chi connectivity index (χ0v) is 15.1. The molecule has 0 heterocycles. The van der Waals surface area contributed by atoms with Crippen molar-refractivity contribution in [1.82, 2.24) is 4.31 Å². The molecule has 134 valence electrons. The Kier molecular flexibility index (Phi) is 5.76. The molecule has 0 saturated carbocycles. The Morgan fingerprint density at radius 1 is 0.960 bits per heavy atom. The molecule has 0 radical (unpaired) electrons. The number of hydrogen-bond donors (Lipinski definition) is 0. The Balaban J connectivity index is 2.38. The molecular weight excluding hydrogens is 345 g/mol. The van der Waals surface area contributed by atoms with E-state index in [1.54, 1.807) is 31.3 Å². The maximum absolute atomic E-state index is 14.2. The summed E-state index contributed by atoms with van der Waals surface area (Å²) in [5.41, 5.74) is 0.439. The molecule has 0 atom stereocenters. The number of carbonyl (C=O) groups is 1. The Bertz CT molecular complexity index is 841. The zero-order chi connectivity index (χ0) is 18.6. The van der Waals surface area contributed by atoms with Crippen LogP contribution in [0, 0.1) is 5.82 Å². The van der Waals surface area contributed by atoms with Gasteiger partial charge in [-0.3, -0.25) is 4.79 Å². The summed E-state index contributed by atoms with van der Waals surface area (Å²) < 4.78 is 41.1. The summed E-state index contributed by atoms with van der Waals surface area (Å²) in [5, 5.41) is 0. The first-order valence-electron chi connectivity index (χ1n) is 7.51. The van der Waals surface area contributed by atoms with E-state index in [0.29, 0.717) is 5.69 Å². The van der Waals surface area contributed by atoms with Crippen LogP contribution in [0.25, 0.3) is 0 Å². The van der Waals surface area contributed by atoms with Gasteiger partial charge in [0.25, 0.3) is 0 Å². The van der Waals surface area contributed by atoms with Crippen LogP contribution in [-0.2, 0) is 15.0 Å². The van der Waals surface area contributed by atoms with Crippen LogP contribution in [0.2, 0.25) is 0 Å². The maximum Gasteiger partial charge on any atom is 0.304 e. The molecule has 6 nitrogen and oxygen atoms in total. The van der Waals surface area contributed by atoms with Gasteiger partial charge in [0.05, 0.1) is 5.69 Å². The van der Waals surface area contributed by atoms with Crippen molar-refractivity contribution >= 4 is 27.5 Å². The summed E-state index contributed by atoms with van der Waals surface area (Å²) in [6.45, 7) is -0.521. The van der Waals surface area contributed by atoms with Crippen LogP contribution in [-0.4, -0.2) is 46.3 Å². The van der Waals surface area contributed by atoms with Crippen molar-refractivity contribution in [3.8, 4) is 0 Å². The number of para-hydroxylation sites is 2. The van der Waals surface area contributed by atoms with Gasteiger partial charge >= 0.3 is 10.2 Å². The molecule has 0 unspecified atom stereocenters. The maximum atomic E-state index is 14.2. The Morgan fingerprint density at radius 2 is 1.52 bits per heavy atom. The lowest BCUT2D eigenvalue weighted by atomic mass is 10.3.